The molecule has 4 N–H and O–H groups in total. The Bertz CT molecular complexity index is 836. The van der Waals surface area contributed by atoms with E-state index in [1.807, 2.05) is 36.5 Å². The Balaban J connectivity index is 1.85. The molecule has 116 valence electrons. The highest BCUT2D eigenvalue weighted by Gasteiger charge is 2.07. The summed E-state index contributed by atoms with van der Waals surface area (Å²) in [6.45, 7) is 2.06. The number of pyridine rings is 1. The van der Waals surface area contributed by atoms with Crippen molar-refractivity contribution in [3.8, 4) is 0 Å². The standard InChI is InChI=1S/C16H16N6O/c1-10(11-3-2-6-18-8-11)20-13-5-4-12-9-19-16(22-15(17)23)21-14(12)7-13/h2-10,20H,1H3,(H3,17,19,21,22,23)/t10-/m1/s1. The first-order valence-electron chi connectivity index (χ1n) is 7.11. The van der Waals surface area contributed by atoms with Gasteiger partial charge < -0.3 is 11.1 Å². The van der Waals surface area contributed by atoms with Gasteiger partial charge in [0.1, 0.15) is 0 Å². The molecule has 0 saturated heterocycles. The summed E-state index contributed by atoms with van der Waals surface area (Å²) >= 11 is 0. The monoisotopic (exact) mass is 308 g/mol. The number of primary amides is 1. The van der Waals surface area contributed by atoms with Crippen LogP contribution in [0, 0.1) is 0 Å². The first-order chi connectivity index (χ1) is 11.1. The van der Waals surface area contributed by atoms with Crippen molar-refractivity contribution in [1.29, 1.82) is 0 Å². The van der Waals surface area contributed by atoms with Gasteiger partial charge in [-0.3, -0.25) is 10.3 Å². The third-order valence-corrected chi connectivity index (χ3v) is 3.39. The van der Waals surface area contributed by atoms with Crippen molar-refractivity contribution in [2.45, 2.75) is 13.0 Å². The molecule has 2 aromatic heterocycles. The molecule has 0 saturated carbocycles. The second kappa shape index (κ2) is 6.27. The predicted octanol–water partition coefficient (Wildman–Crippen LogP) is 2.69. The number of anilines is 2. The highest BCUT2D eigenvalue weighted by molar-refractivity contribution is 5.88. The molecule has 0 aliphatic heterocycles. The van der Waals surface area contributed by atoms with E-state index in [2.05, 4.69) is 32.5 Å². The topological polar surface area (TPSA) is 106 Å². The summed E-state index contributed by atoms with van der Waals surface area (Å²) < 4.78 is 0. The summed E-state index contributed by atoms with van der Waals surface area (Å²) in [5, 5.41) is 6.64. The quantitative estimate of drug-likeness (QED) is 0.687. The van der Waals surface area contributed by atoms with Crippen molar-refractivity contribution >= 4 is 28.6 Å². The van der Waals surface area contributed by atoms with Crippen LogP contribution in [0.25, 0.3) is 10.9 Å². The van der Waals surface area contributed by atoms with Crippen LogP contribution in [0.15, 0.2) is 48.9 Å². The Morgan fingerprint density at radius 3 is 2.87 bits per heavy atom. The lowest BCUT2D eigenvalue weighted by molar-refractivity contribution is 0.259. The maximum Gasteiger partial charge on any atom is 0.319 e. The summed E-state index contributed by atoms with van der Waals surface area (Å²) in [6.07, 6.45) is 5.22. The fourth-order valence-corrected chi connectivity index (χ4v) is 2.25. The zero-order chi connectivity index (χ0) is 16.2. The molecule has 0 unspecified atom stereocenters. The van der Waals surface area contributed by atoms with Crippen LogP contribution in [0.4, 0.5) is 16.4 Å². The third kappa shape index (κ3) is 3.52. The zero-order valence-electron chi connectivity index (χ0n) is 12.5. The van der Waals surface area contributed by atoms with E-state index in [1.54, 1.807) is 12.4 Å². The molecule has 2 heterocycles. The highest BCUT2D eigenvalue weighted by Crippen LogP contribution is 2.22. The van der Waals surface area contributed by atoms with E-state index in [0.717, 1.165) is 16.6 Å². The summed E-state index contributed by atoms with van der Waals surface area (Å²) in [5.74, 6) is 0.183. The van der Waals surface area contributed by atoms with Gasteiger partial charge in [0.05, 0.1) is 11.6 Å². The van der Waals surface area contributed by atoms with Crippen molar-refractivity contribution < 1.29 is 4.79 Å². The Labute approximate surface area is 133 Å². The number of nitrogens with one attached hydrogen (secondary N) is 2. The molecule has 0 aliphatic carbocycles. The minimum atomic E-state index is -0.691. The first kappa shape index (κ1) is 14.7. The second-order valence-electron chi connectivity index (χ2n) is 5.11. The normalized spacial score (nSPS) is 11.9. The average molecular weight is 308 g/mol. The maximum absolute atomic E-state index is 10.9. The maximum atomic E-state index is 10.9. The van der Waals surface area contributed by atoms with Gasteiger partial charge in [0.25, 0.3) is 0 Å². The molecule has 0 radical (unpaired) electrons. The Morgan fingerprint density at radius 1 is 1.26 bits per heavy atom. The number of amides is 2. The molecule has 0 fully saturated rings. The van der Waals surface area contributed by atoms with Crippen molar-refractivity contribution in [2.24, 2.45) is 5.73 Å². The summed E-state index contributed by atoms with van der Waals surface area (Å²) in [6, 6.07) is 9.11. The van der Waals surface area contributed by atoms with Crippen LogP contribution in [-0.2, 0) is 0 Å². The van der Waals surface area contributed by atoms with Crippen LogP contribution in [-0.4, -0.2) is 21.0 Å². The van der Waals surface area contributed by atoms with Crippen LogP contribution in [0.1, 0.15) is 18.5 Å². The summed E-state index contributed by atoms with van der Waals surface area (Å²) in [5.41, 5.74) is 7.80. The number of aromatic nitrogens is 3. The van der Waals surface area contributed by atoms with Crippen LogP contribution < -0.4 is 16.4 Å². The number of benzene rings is 1. The summed E-state index contributed by atoms with van der Waals surface area (Å²) in [4.78, 5) is 23.3. The molecule has 7 heteroatoms. The van der Waals surface area contributed by atoms with Crippen molar-refractivity contribution in [3.63, 3.8) is 0 Å². The van der Waals surface area contributed by atoms with Gasteiger partial charge in [0, 0.05) is 29.7 Å². The number of hydrogen-bond donors (Lipinski definition) is 3. The number of fused-ring (bicyclic) bond motifs is 1. The largest absolute Gasteiger partial charge is 0.378 e. The number of nitrogens with zero attached hydrogens (tertiary/aromatic N) is 3. The van der Waals surface area contributed by atoms with Crippen molar-refractivity contribution in [2.75, 3.05) is 10.6 Å². The molecule has 0 aliphatic rings. The molecule has 23 heavy (non-hydrogen) atoms. The Kier molecular flexibility index (Phi) is 4.01. The van der Waals surface area contributed by atoms with Crippen molar-refractivity contribution in [3.05, 3.63) is 54.5 Å². The van der Waals surface area contributed by atoms with Crippen molar-refractivity contribution in [1.82, 2.24) is 15.0 Å². The molecule has 0 spiro atoms. The van der Waals surface area contributed by atoms with Gasteiger partial charge in [-0.15, -0.1) is 0 Å². The first-order valence-corrected chi connectivity index (χ1v) is 7.11. The molecular formula is C16H16N6O. The van der Waals surface area contributed by atoms with E-state index in [4.69, 9.17) is 5.73 Å². The summed E-state index contributed by atoms with van der Waals surface area (Å²) in [7, 11) is 0. The van der Waals surface area contributed by atoms with Gasteiger partial charge in [-0.2, -0.15) is 0 Å². The van der Waals surface area contributed by atoms with E-state index >= 15 is 0 Å². The van der Waals surface area contributed by atoms with Gasteiger partial charge in [0.2, 0.25) is 5.95 Å². The van der Waals surface area contributed by atoms with Gasteiger partial charge in [-0.05, 0) is 36.8 Å². The number of carbonyl (C=O) groups is 1. The fraction of sp³-hybridized carbons (Fsp3) is 0.125. The van der Waals surface area contributed by atoms with E-state index < -0.39 is 6.03 Å². The molecule has 1 aromatic carbocycles. The number of nitrogens with two attached hydrogens (primary N) is 1. The Hall–Kier alpha value is -3.22. The lowest BCUT2D eigenvalue weighted by atomic mass is 10.1. The number of urea groups is 1. The fourth-order valence-electron chi connectivity index (χ4n) is 2.25. The molecule has 2 amide bonds. The molecule has 3 aromatic rings. The highest BCUT2D eigenvalue weighted by atomic mass is 16.2. The molecule has 1 atom stereocenters. The molecular weight excluding hydrogens is 292 g/mol. The van der Waals surface area contributed by atoms with Gasteiger partial charge in [-0.25, -0.2) is 14.8 Å². The number of rotatable bonds is 4. The van der Waals surface area contributed by atoms with Gasteiger partial charge >= 0.3 is 6.03 Å². The smallest absolute Gasteiger partial charge is 0.319 e. The van der Waals surface area contributed by atoms with E-state index in [-0.39, 0.29) is 12.0 Å². The minimum Gasteiger partial charge on any atom is -0.378 e. The lowest BCUT2D eigenvalue weighted by Crippen LogP contribution is -2.20. The van der Waals surface area contributed by atoms with E-state index in [0.29, 0.717) is 5.52 Å². The van der Waals surface area contributed by atoms with Crippen LogP contribution in [0.2, 0.25) is 0 Å². The molecule has 3 rings (SSSR count). The zero-order valence-corrected chi connectivity index (χ0v) is 12.5. The van der Waals surface area contributed by atoms with Gasteiger partial charge in [0.15, 0.2) is 0 Å². The van der Waals surface area contributed by atoms with Crippen LogP contribution >= 0.6 is 0 Å². The van der Waals surface area contributed by atoms with Gasteiger partial charge in [-0.1, -0.05) is 6.07 Å². The lowest BCUT2D eigenvalue weighted by Gasteiger charge is -2.15. The third-order valence-electron chi connectivity index (χ3n) is 3.39. The minimum absolute atomic E-state index is 0.103. The van der Waals surface area contributed by atoms with E-state index in [1.165, 1.54) is 0 Å². The van der Waals surface area contributed by atoms with Crippen LogP contribution in [0.3, 0.4) is 0 Å². The predicted molar refractivity (Wildman–Crippen MR) is 89.0 cm³/mol. The second-order valence-corrected chi connectivity index (χ2v) is 5.11. The molecule has 7 nitrogen and oxygen atoms in total. The van der Waals surface area contributed by atoms with E-state index in [9.17, 15) is 4.79 Å². The van der Waals surface area contributed by atoms with Crippen LogP contribution in [0.5, 0.6) is 0 Å². The Morgan fingerprint density at radius 2 is 2.13 bits per heavy atom. The SMILES string of the molecule is C[C@@H](Nc1ccc2cnc(NC(N)=O)nc2c1)c1cccnc1. The average Bonchev–Trinajstić information content (AvgIpc) is 2.55. The molecule has 0 bridgehead atoms. The number of carbonyl (C=O) groups excluding carboxylic acids is 1. The number of hydrogen-bond acceptors (Lipinski definition) is 5.